The summed E-state index contributed by atoms with van der Waals surface area (Å²) < 4.78 is 5.46. The SMILES string of the molecule is O=C(COc1ccc(Cl)cc1)Nc1ccc(N2CCN(CC(O)c3ccccc3)CC2)nc1. The third-order valence-electron chi connectivity index (χ3n) is 5.53. The summed E-state index contributed by atoms with van der Waals surface area (Å²) in [4.78, 5) is 21.1. The van der Waals surface area contributed by atoms with E-state index < -0.39 is 6.10 Å². The second-order valence-corrected chi connectivity index (χ2v) is 8.35. The highest BCUT2D eigenvalue weighted by atomic mass is 35.5. The number of amides is 1. The van der Waals surface area contributed by atoms with Gasteiger partial charge in [-0.1, -0.05) is 41.9 Å². The molecule has 2 heterocycles. The molecule has 0 aliphatic carbocycles. The summed E-state index contributed by atoms with van der Waals surface area (Å²) in [5.41, 5.74) is 1.56. The highest BCUT2D eigenvalue weighted by Crippen LogP contribution is 2.19. The summed E-state index contributed by atoms with van der Waals surface area (Å²) in [5.74, 6) is 1.19. The molecular weight excluding hydrogens is 440 g/mol. The smallest absolute Gasteiger partial charge is 0.262 e. The van der Waals surface area contributed by atoms with Crippen LogP contribution in [0.4, 0.5) is 11.5 Å². The molecule has 2 N–H and O–H groups in total. The molecule has 1 aliphatic heterocycles. The largest absolute Gasteiger partial charge is 0.484 e. The van der Waals surface area contributed by atoms with Crippen molar-refractivity contribution >= 4 is 29.0 Å². The monoisotopic (exact) mass is 466 g/mol. The third-order valence-corrected chi connectivity index (χ3v) is 5.78. The topological polar surface area (TPSA) is 77.9 Å². The van der Waals surface area contributed by atoms with Gasteiger partial charge >= 0.3 is 0 Å². The summed E-state index contributed by atoms with van der Waals surface area (Å²) in [6, 6.07) is 20.4. The lowest BCUT2D eigenvalue weighted by Gasteiger charge is -2.36. The van der Waals surface area contributed by atoms with Crippen LogP contribution in [0, 0.1) is 0 Å². The van der Waals surface area contributed by atoms with Gasteiger partial charge in [0.25, 0.3) is 5.91 Å². The maximum Gasteiger partial charge on any atom is 0.262 e. The first-order chi connectivity index (χ1) is 16.1. The fraction of sp³-hybridized carbons (Fsp3) is 0.280. The van der Waals surface area contributed by atoms with Crippen molar-refractivity contribution in [3.05, 3.63) is 83.5 Å². The molecule has 4 rings (SSSR count). The minimum atomic E-state index is -0.484. The van der Waals surface area contributed by atoms with Crippen LogP contribution >= 0.6 is 11.6 Å². The number of anilines is 2. The Balaban J connectivity index is 1.21. The number of piperazine rings is 1. The molecule has 0 spiro atoms. The van der Waals surface area contributed by atoms with Crippen LogP contribution in [0.15, 0.2) is 72.9 Å². The van der Waals surface area contributed by atoms with Gasteiger partial charge in [-0.25, -0.2) is 4.98 Å². The van der Waals surface area contributed by atoms with E-state index in [0.717, 1.165) is 37.6 Å². The quantitative estimate of drug-likeness (QED) is 0.528. The Morgan fingerprint density at radius 2 is 1.76 bits per heavy atom. The Kier molecular flexibility index (Phi) is 7.78. The van der Waals surface area contributed by atoms with Gasteiger partial charge in [0.15, 0.2) is 6.61 Å². The number of pyridine rings is 1. The van der Waals surface area contributed by atoms with E-state index in [4.69, 9.17) is 16.3 Å². The minimum absolute atomic E-state index is 0.0970. The number of hydrogen-bond acceptors (Lipinski definition) is 6. The van der Waals surface area contributed by atoms with Crippen molar-refractivity contribution in [2.24, 2.45) is 0 Å². The number of carbonyl (C=O) groups excluding carboxylic acids is 1. The first-order valence-electron chi connectivity index (χ1n) is 10.9. The molecule has 0 saturated carbocycles. The van der Waals surface area contributed by atoms with Gasteiger partial charge in [-0.3, -0.25) is 9.69 Å². The van der Waals surface area contributed by atoms with Gasteiger partial charge in [0, 0.05) is 37.7 Å². The average molecular weight is 467 g/mol. The molecule has 172 valence electrons. The van der Waals surface area contributed by atoms with Crippen LogP contribution in [0.2, 0.25) is 5.02 Å². The van der Waals surface area contributed by atoms with Crippen LogP contribution in [0.5, 0.6) is 5.75 Å². The number of aliphatic hydroxyl groups excluding tert-OH is 1. The van der Waals surface area contributed by atoms with Gasteiger partial charge in [0.1, 0.15) is 11.6 Å². The molecule has 1 aliphatic rings. The van der Waals surface area contributed by atoms with Crippen LogP contribution in [-0.2, 0) is 4.79 Å². The highest BCUT2D eigenvalue weighted by molar-refractivity contribution is 6.30. The number of ether oxygens (including phenoxy) is 1. The molecule has 8 heteroatoms. The molecule has 7 nitrogen and oxygen atoms in total. The maximum absolute atomic E-state index is 12.1. The number of rotatable bonds is 8. The number of aliphatic hydroxyl groups is 1. The molecule has 1 unspecified atom stereocenters. The Bertz CT molecular complexity index is 1020. The van der Waals surface area contributed by atoms with E-state index in [1.54, 1.807) is 30.5 Å². The van der Waals surface area contributed by atoms with E-state index in [-0.39, 0.29) is 12.5 Å². The molecule has 0 bridgehead atoms. The fourth-order valence-corrected chi connectivity index (χ4v) is 3.83. The zero-order valence-corrected chi connectivity index (χ0v) is 19.0. The zero-order valence-electron chi connectivity index (χ0n) is 18.2. The van der Waals surface area contributed by atoms with Gasteiger partial charge in [0.2, 0.25) is 0 Å². The van der Waals surface area contributed by atoms with E-state index in [2.05, 4.69) is 20.1 Å². The van der Waals surface area contributed by atoms with Crippen molar-refractivity contribution in [1.29, 1.82) is 0 Å². The van der Waals surface area contributed by atoms with Crippen molar-refractivity contribution in [3.63, 3.8) is 0 Å². The van der Waals surface area contributed by atoms with Crippen molar-refractivity contribution in [2.45, 2.75) is 6.10 Å². The lowest BCUT2D eigenvalue weighted by Crippen LogP contribution is -2.47. The summed E-state index contributed by atoms with van der Waals surface area (Å²) in [6.45, 7) is 3.89. The molecule has 33 heavy (non-hydrogen) atoms. The number of halogens is 1. The molecule has 1 atom stereocenters. The molecule has 1 fully saturated rings. The predicted octanol–water partition coefficient (Wildman–Crippen LogP) is 3.61. The summed E-state index contributed by atoms with van der Waals surface area (Å²) in [6.07, 6.45) is 1.17. The first-order valence-corrected chi connectivity index (χ1v) is 11.3. The van der Waals surface area contributed by atoms with Crippen LogP contribution in [0.1, 0.15) is 11.7 Å². The lowest BCUT2D eigenvalue weighted by molar-refractivity contribution is -0.118. The van der Waals surface area contributed by atoms with Crippen molar-refractivity contribution < 1.29 is 14.6 Å². The molecule has 0 radical (unpaired) electrons. The van der Waals surface area contributed by atoms with Crippen molar-refractivity contribution in [1.82, 2.24) is 9.88 Å². The van der Waals surface area contributed by atoms with Gasteiger partial charge in [0.05, 0.1) is 18.0 Å². The Hall–Kier alpha value is -3.13. The van der Waals surface area contributed by atoms with E-state index in [9.17, 15) is 9.90 Å². The molecule has 3 aromatic rings. The lowest BCUT2D eigenvalue weighted by atomic mass is 10.1. The molecule has 2 aromatic carbocycles. The summed E-state index contributed by atoms with van der Waals surface area (Å²) >= 11 is 5.84. The van der Waals surface area contributed by atoms with Crippen LogP contribution in [0.25, 0.3) is 0 Å². The molecule has 1 amide bonds. The number of hydrogen-bond donors (Lipinski definition) is 2. The van der Waals surface area contributed by atoms with Gasteiger partial charge < -0.3 is 20.1 Å². The molecule has 1 aromatic heterocycles. The second-order valence-electron chi connectivity index (χ2n) is 7.91. The van der Waals surface area contributed by atoms with Gasteiger partial charge in [-0.15, -0.1) is 0 Å². The number of nitrogens with zero attached hydrogens (tertiary/aromatic N) is 3. The Morgan fingerprint density at radius 3 is 2.42 bits per heavy atom. The summed E-state index contributed by atoms with van der Waals surface area (Å²) in [7, 11) is 0. The Morgan fingerprint density at radius 1 is 1.03 bits per heavy atom. The fourth-order valence-electron chi connectivity index (χ4n) is 3.71. The number of nitrogens with one attached hydrogen (secondary N) is 1. The second kappa shape index (κ2) is 11.1. The van der Waals surface area contributed by atoms with Gasteiger partial charge in [-0.05, 0) is 42.0 Å². The van der Waals surface area contributed by atoms with E-state index in [1.807, 2.05) is 42.5 Å². The number of β-amino-alcohol motifs (C(OH)–C–C–N with tert-alkyl or cyclic N) is 1. The first kappa shape index (κ1) is 23.0. The van der Waals surface area contributed by atoms with Gasteiger partial charge in [-0.2, -0.15) is 0 Å². The van der Waals surface area contributed by atoms with E-state index >= 15 is 0 Å². The average Bonchev–Trinajstić information content (AvgIpc) is 2.85. The van der Waals surface area contributed by atoms with Crippen LogP contribution in [0.3, 0.4) is 0 Å². The highest BCUT2D eigenvalue weighted by Gasteiger charge is 2.20. The predicted molar refractivity (Wildman–Crippen MR) is 130 cm³/mol. The van der Waals surface area contributed by atoms with Crippen molar-refractivity contribution in [3.8, 4) is 5.75 Å². The number of benzene rings is 2. The van der Waals surface area contributed by atoms with Crippen molar-refractivity contribution in [2.75, 3.05) is 49.5 Å². The van der Waals surface area contributed by atoms with Crippen LogP contribution in [-0.4, -0.2) is 60.2 Å². The minimum Gasteiger partial charge on any atom is -0.484 e. The number of carbonyl (C=O) groups is 1. The zero-order chi connectivity index (χ0) is 23.0. The molecule has 1 saturated heterocycles. The third kappa shape index (κ3) is 6.68. The standard InChI is InChI=1S/C25H27ClN4O3/c26-20-6-9-22(10-7-20)33-18-25(32)28-21-8-11-24(27-16-21)30-14-12-29(13-15-30)17-23(31)19-4-2-1-3-5-19/h1-11,16,23,31H,12-15,17-18H2,(H,28,32). The van der Waals surface area contributed by atoms with E-state index in [1.165, 1.54) is 0 Å². The Labute approximate surface area is 198 Å². The number of aromatic nitrogens is 1. The van der Waals surface area contributed by atoms with Crippen LogP contribution < -0.4 is 15.0 Å². The van der Waals surface area contributed by atoms with E-state index in [0.29, 0.717) is 23.0 Å². The maximum atomic E-state index is 12.1. The normalized spacial score (nSPS) is 15.2. The summed E-state index contributed by atoms with van der Waals surface area (Å²) in [5, 5.41) is 13.9. The molecular formula is C25H27ClN4O3.